The molecule has 0 radical (unpaired) electrons. The van der Waals surface area contributed by atoms with Crippen molar-refractivity contribution in [1.29, 1.82) is 0 Å². The number of ketones is 1. The van der Waals surface area contributed by atoms with Crippen molar-refractivity contribution >= 4 is 17.2 Å². The number of nitrogens with zero attached hydrogens (tertiary/aromatic N) is 1. The van der Waals surface area contributed by atoms with Crippen molar-refractivity contribution in [3.8, 4) is 0 Å². The normalized spacial score (nSPS) is 14.4. The third-order valence-electron chi connectivity index (χ3n) is 3.84. The fourth-order valence-electron chi connectivity index (χ4n) is 2.71. The lowest BCUT2D eigenvalue weighted by molar-refractivity contribution is 0.103. The summed E-state index contributed by atoms with van der Waals surface area (Å²) in [6, 6.07) is 10.9. The van der Waals surface area contributed by atoms with Gasteiger partial charge in [-0.3, -0.25) is 4.79 Å². The van der Waals surface area contributed by atoms with Gasteiger partial charge < -0.3 is 10.6 Å². The zero-order valence-corrected chi connectivity index (χ0v) is 11.7. The van der Waals surface area contributed by atoms with Crippen molar-refractivity contribution in [3.63, 3.8) is 0 Å². The van der Waals surface area contributed by atoms with Crippen LogP contribution in [0, 0.1) is 5.82 Å². The molecule has 0 unspecified atom stereocenters. The van der Waals surface area contributed by atoms with E-state index in [0.717, 1.165) is 18.8 Å². The van der Waals surface area contributed by atoms with E-state index in [1.807, 2.05) is 6.07 Å². The molecule has 2 aromatic rings. The molecule has 0 aromatic heterocycles. The second-order valence-corrected chi connectivity index (χ2v) is 5.30. The molecule has 0 bridgehead atoms. The first-order valence-electron chi connectivity index (χ1n) is 7.10. The van der Waals surface area contributed by atoms with E-state index in [2.05, 4.69) is 4.90 Å². The zero-order chi connectivity index (χ0) is 14.8. The molecule has 3 nitrogen and oxygen atoms in total. The highest BCUT2D eigenvalue weighted by atomic mass is 19.1. The second kappa shape index (κ2) is 5.56. The molecule has 2 N–H and O–H groups in total. The number of carbonyl (C=O) groups is 1. The molecule has 0 saturated carbocycles. The minimum absolute atomic E-state index is 0.144. The van der Waals surface area contributed by atoms with Crippen LogP contribution in [-0.2, 0) is 0 Å². The van der Waals surface area contributed by atoms with E-state index in [1.54, 1.807) is 12.1 Å². The van der Waals surface area contributed by atoms with Gasteiger partial charge in [0.05, 0.1) is 11.4 Å². The number of benzene rings is 2. The molecule has 2 aromatic carbocycles. The Morgan fingerprint density at radius 3 is 2.24 bits per heavy atom. The van der Waals surface area contributed by atoms with Gasteiger partial charge in [0.15, 0.2) is 5.78 Å². The predicted molar refractivity (Wildman–Crippen MR) is 82.1 cm³/mol. The smallest absolute Gasteiger partial charge is 0.193 e. The maximum atomic E-state index is 12.9. The standard InChI is InChI=1S/C17H17FN2O/c18-14-6-3-12(4-7-14)17(21)13-5-8-16(15(19)11-13)20-9-1-2-10-20/h3-8,11H,1-2,9-10,19H2. The van der Waals surface area contributed by atoms with Crippen molar-refractivity contribution in [3.05, 3.63) is 59.4 Å². The minimum Gasteiger partial charge on any atom is -0.397 e. The Balaban J connectivity index is 1.87. The molecule has 1 aliphatic rings. The maximum absolute atomic E-state index is 12.9. The molecule has 1 heterocycles. The summed E-state index contributed by atoms with van der Waals surface area (Å²) in [5, 5.41) is 0. The Kier molecular flexibility index (Phi) is 3.60. The lowest BCUT2D eigenvalue weighted by atomic mass is 10.0. The van der Waals surface area contributed by atoms with E-state index in [0.29, 0.717) is 16.8 Å². The summed E-state index contributed by atoms with van der Waals surface area (Å²) in [6.45, 7) is 2.02. The first kappa shape index (κ1) is 13.6. The third-order valence-corrected chi connectivity index (χ3v) is 3.84. The summed E-state index contributed by atoms with van der Waals surface area (Å²) in [5.74, 6) is -0.495. The van der Waals surface area contributed by atoms with Gasteiger partial charge in [0.2, 0.25) is 0 Å². The first-order chi connectivity index (χ1) is 10.1. The second-order valence-electron chi connectivity index (χ2n) is 5.30. The SMILES string of the molecule is Nc1cc(C(=O)c2ccc(F)cc2)ccc1N1CCCC1. The van der Waals surface area contributed by atoms with Gasteiger partial charge in [-0.15, -0.1) is 0 Å². The van der Waals surface area contributed by atoms with Gasteiger partial charge >= 0.3 is 0 Å². The highest BCUT2D eigenvalue weighted by molar-refractivity contribution is 6.09. The van der Waals surface area contributed by atoms with Crippen LogP contribution in [0.5, 0.6) is 0 Å². The van der Waals surface area contributed by atoms with Gasteiger partial charge in [-0.2, -0.15) is 0 Å². The maximum Gasteiger partial charge on any atom is 0.193 e. The van der Waals surface area contributed by atoms with Crippen LogP contribution in [-0.4, -0.2) is 18.9 Å². The first-order valence-corrected chi connectivity index (χ1v) is 7.10. The molecule has 1 saturated heterocycles. The number of carbonyl (C=O) groups excluding carboxylic acids is 1. The fourth-order valence-corrected chi connectivity index (χ4v) is 2.71. The summed E-state index contributed by atoms with van der Waals surface area (Å²) in [4.78, 5) is 14.6. The number of nitrogens with two attached hydrogens (primary N) is 1. The lowest BCUT2D eigenvalue weighted by Gasteiger charge is -2.20. The molecule has 1 fully saturated rings. The minimum atomic E-state index is -0.351. The molecule has 4 heteroatoms. The van der Waals surface area contributed by atoms with Gasteiger partial charge in [-0.1, -0.05) is 0 Å². The third kappa shape index (κ3) is 2.75. The molecule has 3 rings (SSSR count). The van der Waals surface area contributed by atoms with Crippen LogP contribution >= 0.6 is 0 Å². The topological polar surface area (TPSA) is 46.3 Å². The van der Waals surface area contributed by atoms with Gasteiger partial charge in [0, 0.05) is 24.2 Å². The quantitative estimate of drug-likeness (QED) is 0.695. The molecule has 0 spiro atoms. The van der Waals surface area contributed by atoms with Gasteiger partial charge in [0.25, 0.3) is 0 Å². The summed E-state index contributed by atoms with van der Waals surface area (Å²) in [6.07, 6.45) is 2.35. The highest BCUT2D eigenvalue weighted by Crippen LogP contribution is 2.28. The summed E-state index contributed by atoms with van der Waals surface area (Å²) in [7, 11) is 0. The Hall–Kier alpha value is -2.36. The molecule has 1 aliphatic heterocycles. The Labute approximate surface area is 123 Å². The molecule has 0 aliphatic carbocycles. The monoisotopic (exact) mass is 284 g/mol. The number of halogens is 1. The summed E-state index contributed by atoms with van der Waals surface area (Å²) in [5.41, 5.74) is 8.68. The number of hydrogen-bond donors (Lipinski definition) is 1. The van der Waals surface area contributed by atoms with Crippen molar-refractivity contribution in [2.45, 2.75) is 12.8 Å². The summed E-state index contributed by atoms with van der Waals surface area (Å²) < 4.78 is 12.9. The summed E-state index contributed by atoms with van der Waals surface area (Å²) >= 11 is 0. The van der Waals surface area contributed by atoms with Crippen LogP contribution in [0.4, 0.5) is 15.8 Å². The molecule has 0 atom stereocenters. The molecular weight excluding hydrogens is 267 g/mol. The Morgan fingerprint density at radius 2 is 1.62 bits per heavy atom. The number of rotatable bonds is 3. The van der Waals surface area contributed by atoms with Crippen LogP contribution < -0.4 is 10.6 Å². The largest absolute Gasteiger partial charge is 0.397 e. The van der Waals surface area contributed by atoms with Crippen LogP contribution in [0.15, 0.2) is 42.5 Å². The van der Waals surface area contributed by atoms with Crippen molar-refractivity contribution in [1.82, 2.24) is 0 Å². The molecule has 21 heavy (non-hydrogen) atoms. The molecule has 0 amide bonds. The number of nitrogen functional groups attached to an aromatic ring is 1. The average Bonchev–Trinajstić information content (AvgIpc) is 3.01. The van der Waals surface area contributed by atoms with Crippen LogP contribution in [0.3, 0.4) is 0 Å². The van der Waals surface area contributed by atoms with E-state index in [-0.39, 0.29) is 11.6 Å². The van der Waals surface area contributed by atoms with Crippen LogP contribution in [0.1, 0.15) is 28.8 Å². The van der Waals surface area contributed by atoms with Gasteiger partial charge in [-0.25, -0.2) is 4.39 Å². The average molecular weight is 284 g/mol. The van der Waals surface area contributed by atoms with Crippen LogP contribution in [0.25, 0.3) is 0 Å². The van der Waals surface area contributed by atoms with Gasteiger partial charge in [0.1, 0.15) is 5.82 Å². The Bertz CT molecular complexity index is 661. The highest BCUT2D eigenvalue weighted by Gasteiger charge is 2.16. The van der Waals surface area contributed by atoms with Crippen molar-refractivity contribution < 1.29 is 9.18 Å². The van der Waals surface area contributed by atoms with Crippen LogP contribution in [0.2, 0.25) is 0 Å². The van der Waals surface area contributed by atoms with E-state index < -0.39 is 0 Å². The van der Waals surface area contributed by atoms with E-state index in [1.165, 1.54) is 37.1 Å². The molecular formula is C17H17FN2O. The van der Waals surface area contributed by atoms with Crippen molar-refractivity contribution in [2.75, 3.05) is 23.7 Å². The van der Waals surface area contributed by atoms with Gasteiger partial charge in [-0.05, 0) is 55.3 Å². The fraction of sp³-hybridized carbons (Fsp3) is 0.235. The molecule has 108 valence electrons. The predicted octanol–water partition coefficient (Wildman–Crippen LogP) is 3.24. The van der Waals surface area contributed by atoms with E-state index in [4.69, 9.17) is 5.73 Å². The van der Waals surface area contributed by atoms with Crippen molar-refractivity contribution in [2.24, 2.45) is 0 Å². The number of anilines is 2. The van der Waals surface area contributed by atoms with E-state index in [9.17, 15) is 9.18 Å². The lowest BCUT2D eigenvalue weighted by Crippen LogP contribution is -2.19. The Morgan fingerprint density at radius 1 is 1.00 bits per heavy atom. The number of hydrogen-bond acceptors (Lipinski definition) is 3. The zero-order valence-electron chi connectivity index (χ0n) is 11.7. The van der Waals surface area contributed by atoms with E-state index >= 15 is 0 Å².